The van der Waals surface area contributed by atoms with Crippen LogP contribution < -0.4 is 5.69 Å². The standard InChI is InChI=1S/C21H30N4O3/c1-2-24-20(22-25(21(24)26)16-17-6-4-3-5-7-17)18-8-11-23(12-9-18)13-10-19-27-14-15-28-19/h3-7,18-19H,2,8-16H2,1H3. The summed E-state index contributed by atoms with van der Waals surface area (Å²) in [5.41, 5.74) is 1.10. The van der Waals surface area contributed by atoms with Gasteiger partial charge in [0, 0.05) is 25.4 Å². The van der Waals surface area contributed by atoms with Gasteiger partial charge in [0.2, 0.25) is 0 Å². The van der Waals surface area contributed by atoms with Gasteiger partial charge in [0.1, 0.15) is 5.82 Å². The van der Waals surface area contributed by atoms with Crippen LogP contribution in [0.25, 0.3) is 0 Å². The van der Waals surface area contributed by atoms with Gasteiger partial charge >= 0.3 is 5.69 Å². The molecule has 2 aliphatic heterocycles. The first kappa shape index (κ1) is 19.4. The van der Waals surface area contributed by atoms with Gasteiger partial charge in [-0.15, -0.1) is 0 Å². The molecule has 0 atom stereocenters. The zero-order chi connectivity index (χ0) is 19.3. The molecule has 0 aliphatic carbocycles. The third kappa shape index (κ3) is 4.37. The number of benzene rings is 1. The predicted molar refractivity (Wildman–Crippen MR) is 106 cm³/mol. The molecular formula is C21H30N4O3. The summed E-state index contributed by atoms with van der Waals surface area (Å²) >= 11 is 0. The second-order valence-corrected chi connectivity index (χ2v) is 7.60. The maximum Gasteiger partial charge on any atom is 0.346 e. The van der Waals surface area contributed by atoms with Crippen molar-refractivity contribution in [3.63, 3.8) is 0 Å². The summed E-state index contributed by atoms with van der Waals surface area (Å²) in [7, 11) is 0. The van der Waals surface area contributed by atoms with Crippen LogP contribution in [0.4, 0.5) is 0 Å². The van der Waals surface area contributed by atoms with Crippen LogP contribution in [0.2, 0.25) is 0 Å². The predicted octanol–water partition coefficient (Wildman–Crippen LogP) is 2.06. The van der Waals surface area contributed by atoms with E-state index < -0.39 is 0 Å². The van der Waals surface area contributed by atoms with Crippen LogP contribution in [0, 0.1) is 0 Å². The average molecular weight is 386 g/mol. The molecule has 7 nitrogen and oxygen atoms in total. The van der Waals surface area contributed by atoms with Gasteiger partial charge in [-0.25, -0.2) is 9.48 Å². The summed E-state index contributed by atoms with van der Waals surface area (Å²) in [5, 5.41) is 4.74. The lowest BCUT2D eigenvalue weighted by atomic mass is 9.96. The molecule has 1 aromatic heterocycles. The lowest BCUT2D eigenvalue weighted by molar-refractivity contribution is -0.0524. The Hall–Kier alpha value is -1.96. The first-order chi connectivity index (χ1) is 13.7. The zero-order valence-corrected chi connectivity index (χ0v) is 16.6. The van der Waals surface area contributed by atoms with Crippen molar-refractivity contribution < 1.29 is 9.47 Å². The van der Waals surface area contributed by atoms with Crippen molar-refractivity contribution in [2.45, 2.75) is 51.5 Å². The van der Waals surface area contributed by atoms with Crippen molar-refractivity contribution in [2.24, 2.45) is 0 Å². The highest BCUT2D eigenvalue weighted by atomic mass is 16.7. The molecule has 3 heterocycles. The van der Waals surface area contributed by atoms with Gasteiger partial charge in [-0.05, 0) is 38.4 Å². The monoisotopic (exact) mass is 386 g/mol. The minimum absolute atomic E-state index is 0.000636. The molecule has 2 aliphatic rings. The normalized spacial score (nSPS) is 19.5. The van der Waals surface area contributed by atoms with Crippen LogP contribution in [-0.2, 0) is 22.6 Å². The van der Waals surface area contributed by atoms with E-state index >= 15 is 0 Å². The molecule has 4 rings (SSSR count). The Bertz CT molecular complexity index is 803. The number of ether oxygens (including phenoxy) is 2. The number of likely N-dealkylation sites (tertiary alicyclic amines) is 1. The molecule has 0 amide bonds. The summed E-state index contributed by atoms with van der Waals surface area (Å²) in [6.45, 7) is 7.71. The van der Waals surface area contributed by atoms with Crippen LogP contribution >= 0.6 is 0 Å². The highest BCUT2D eigenvalue weighted by Crippen LogP contribution is 2.26. The lowest BCUT2D eigenvalue weighted by Gasteiger charge is -2.31. The van der Waals surface area contributed by atoms with Crippen LogP contribution in [0.5, 0.6) is 0 Å². The number of hydrogen-bond donors (Lipinski definition) is 0. The van der Waals surface area contributed by atoms with E-state index in [0.717, 1.165) is 50.3 Å². The van der Waals surface area contributed by atoms with Crippen molar-refractivity contribution in [2.75, 3.05) is 32.8 Å². The number of nitrogens with zero attached hydrogens (tertiary/aromatic N) is 4. The largest absolute Gasteiger partial charge is 0.350 e. The molecule has 28 heavy (non-hydrogen) atoms. The van der Waals surface area contributed by atoms with Gasteiger partial charge in [-0.2, -0.15) is 5.10 Å². The van der Waals surface area contributed by atoms with Gasteiger partial charge in [0.25, 0.3) is 0 Å². The van der Waals surface area contributed by atoms with E-state index in [1.165, 1.54) is 0 Å². The Morgan fingerprint density at radius 2 is 1.82 bits per heavy atom. The lowest BCUT2D eigenvalue weighted by Crippen LogP contribution is -2.36. The molecule has 0 saturated carbocycles. The topological polar surface area (TPSA) is 61.5 Å². The van der Waals surface area contributed by atoms with Crippen molar-refractivity contribution >= 4 is 0 Å². The number of hydrogen-bond acceptors (Lipinski definition) is 5. The average Bonchev–Trinajstić information content (AvgIpc) is 3.36. The van der Waals surface area contributed by atoms with Gasteiger partial charge in [-0.1, -0.05) is 30.3 Å². The smallest absolute Gasteiger partial charge is 0.346 e. The first-order valence-corrected chi connectivity index (χ1v) is 10.4. The Balaban J connectivity index is 1.38. The van der Waals surface area contributed by atoms with Crippen molar-refractivity contribution in [1.82, 2.24) is 19.2 Å². The van der Waals surface area contributed by atoms with Gasteiger partial charge in [0.15, 0.2) is 6.29 Å². The second kappa shape index (κ2) is 9.03. The maximum atomic E-state index is 12.8. The fraction of sp³-hybridized carbons (Fsp3) is 0.619. The molecule has 7 heteroatoms. The first-order valence-electron chi connectivity index (χ1n) is 10.4. The molecule has 0 N–H and O–H groups in total. The molecule has 0 unspecified atom stereocenters. The van der Waals surface area contributed by atoms with Crippen molar-refractivity contribution in [3.8, 4) is 0 Å². The third-order valence-corrected chi connectivity index (χ3v) is 5.77. The summed E-state index contributed by atoms with van der Waals surface area (Å²) in [4.78, 5) is 15.3. The van der Waals surface area contributed by atoms with Gasteiger partial charge in [0.05, 0.1) is 19.8 Å². The van der Waals surface area contributed by atoms with Crippen LogP contribution in [0.3, 0.4) is 0 Å². The summed E-state index contributed by atoms with van der Waals surface area (Å²) in [6.07, 6.45) is 2.97. The molecule has 2 fully saturated rings. The number of rotatable bonds is 7. The van der Waals surface area contributed by atoms with E-state index in [2.05, 4.69) is 4.90 Å². The summed E-state index contributed by atoms with van der Waals surface area (Å²) < 4.78 is 14.5. The highest BCUT2D eigenvalue weighted by Gasteiger charge is 2.27. The summed E-state index contributed by atoms with van der Waals surface area (Å²) in [5.74, 6) is 1.30. The molecule has 0 radical (unpaired) electrons. The molecule has 0 spiro atoms. The van der Waals surface area contributed by atoms with Gasteiger partial charge < -0.3 is 14.4 Å². The SMILES string of the molecule is CCn1c(C2CCN(CCC3OCCO3)CC2)nn(Cc2ccccc2)c1=O. The zero-order valence-electron chi connectivity index (χ0n) is 16.6. The Morgan fingerprint density at radius 1 is 1.11 bits per heavy atom. The van der Waals surface area contributed by atoms with Crippen LogP contribution in [-0.4, -0.2) is 58.4 Å². The van der Waals surface area contributed by atoms with E-state index in [9.17, 15) is 4.79 Å². The number of piperidine rings is 1. The molecule has 0 bridgehead atoms. The quantitative estimate of drug-likeness (QED) is 0.729. The van der Waals surface area contributed by atoms with E-state index in [0.29, 0.717) is 32.2 Å². The van der Waals surface area contributed by atoms with E-state index in [-0.39, 0.29) is 12.0 Å². The number of aromatic nitrogens is 3. The molecular weight excluding hydrogens is 356 g/mol. The highest BCUT2D eigenvalue weighted by molar-refractivity contribution is 5.15. The fourth-order valence-corrected chi connectivity index (χ4v) is 4.19. The minimum Gasteiger partial charge on any atom is -0.350 e. The molecule has 2 aromatic rings. The third-order valence-electron chi connectivity index (χ3n) is 5.77. The Kier molecular flexibility index (Phi) is 6.24. The molecule has 1 aromatic carbocycles. The molecule has 2 saturated heterocycles. The van der Waals surface area contributed by atoms with Crippen molar-refractivity contribution in [3.05, 3.63) is 52.2 Å². The fourth-order valence-electron chi connectivity index (χ4n) is 4.19. The van der Waals surface area contributed by atoms with Crippen molar-refractivity contribution in [1.29, 1.82) is 0 Å². The van der Waals surface area contributed by atoms with Crippen LogP contribution in [0.1, 0.15) is 43.5 Å². The van der Waals surface area contributed by atoms with E-state index in [1.54, 1.807) is 4.68 Å². The minimum atomic E-state index is -0.0309. The Morgan fingerprint density at radius 3 is 2.50 bits per heavy atom. The molecule has 152 valence electrons. The van der Waals surface area contributed by atoms with Gasteiger partial charge in [-0.3, -0.25) is 4.57 Å². The van der Waals surface area contributed by atoms with E-state index in [4.69, 9.17) is 14.6 Å². The van der Waals surface area contributed by atoms with E-state index in [1.807, 2.05) is 41.8 Å². The van der Waals surface area contributed by atoms with Crippen LogP contribution in [0.15, 0.2) is 35.1 Å². The second-order valence-electron chi connectivity index (χ2n) is 7.60. The Labute approximate surface area is 165 Å². The maximum absolute atomic E-state index is 12.8. The summed E-state index contributed by atoms with van der Waals surface area (Å²) in [6, 6.07) is 10.0.